The molecule has 0 radical (unpaired) electrons. The van der Waals surface area contributed by atoms with Crippen molar-refractivity contribution in [1.82, 2.24) is 19.8 Å². The van der Waals surface area contributed by atoms with E-state index in [0.29, 0.717) is 24.6 Å². The molecule has 4 heterocycles. The second-order valence-electron chi connectivity index (χ2n) is 9.16. The average Bonchev–Trinajstić information content (AvgIpc) is 3.27. The van der Waals surface area contributed by atoms with E-state index in [0.717, 1.165) is 44.3 Å². The Morgan fingerprint density at radius 2 is 1.82 bits per heavy atom. The fourth-order valence-electron chi connectivity index (χ4n) is 4.91. The lowest BCUT2D eigenvalue weighted by molar-refractivity contribution is -0.132. The number of nitrogens with one attached hydrogen (secondary N) is 1. The second kappa shape index (κ2) is 9.67. The Balaban J connectivity index is 1.18. The van der Waals surface area contributed by atoms with Crippen LogP contribution in [0.15, 0.2) is 54.9 Å². The third-order valence-corrected chi connectivity index (χ3v) is 6.87. The topological polar surface area (TPSA) is 87.0 Å². The highest BCUT2D eigenvalue weighted by atomic mass is 16.2. The number of carbonyl (C=O) groups excluding carboxylic acids is 3. The van der Waals surface area contributed by atoms with Gasteiger partial charge in [-0.2, -0.15) is 5.10 Å². The van der Waals surface area contributed by atoms with Crippen molar-refractivity contribution < 1.29 is 14.4 Å². The number of amides is 4. The minimum Gasteiger partial charge on any atom is -0.343 e. The van der Waals surface area contributed by atoms with Gasteiger partial charge >= 0.3 is 6.03 Å². The molecule has 176 valence electrons. The summed E-state index contributed by atoms with van der Waals surface area (Å²) >= 11 is 0. The molecule has 2 aliphatic rings. The van der Waals surface area contributed by atoms with Crippen LogP contribution in [-0.4, -0.2) is 52.0 Å². The van der Waals surface area contributed by atoms with Crippen LogP contribution in [-0.2, 0) is 22.4 Å². The molecule has 34 heavy (non-hydrogen) atoms. The van der Waals surface area contributed by atoms with E-state index in [2.05, 4.69) is 34.7 Å². The van der Waals surface area contributed by atoms with E-state index in [1.54, 1.807) is 15.6 Å². The molecule has 0 aliphatic carbocycles. The van der Waals surface area contributed by atoms with Gasteiger partial charge in [0.25, 0.3) is 0 Å². The van der Waals surface area contributed by atoms with Gasteiger partial charge in [-0.3, -0.25) is 19.8 Å². The number of pyridine rings is 1. The highest BCUT2D eigenvalue weighted by Gasteiger charge is 2.27. The molecule has 8 nitrogen and oxygen atoms in total. The molecule has 2 aliphatic heterocycles. The van der Waals surface area contributed by atoms with E-state index in [9.17, 15) is 14.4 Å². The van der Waals surface area contributed by atoms with Crippen molar-refractivity contribution in [2.75, 3.05) is 24.5 Å². The summed E-state index contributed by atoms with van der Waals surface area (Å²) in [4.78, 5) is 40.0. The predicted octanol–water partition coefficient (Wildman–Crippen LogP) is 3.19. The molecule has 2 aromatic heterocycles. The largest absolute Gasteiger partial charge is 0.343 e. The number of carbonyl (C=O) groups is 3. The summed E-state index contributed by atoms with van der Waals surface area (Å²) in [7, 11) is 0. The first-order valence-electron chi connectivity index (χ1n) is 12.0. The monoisotopic (exact) mass is 459 g/mol. The van der Waals surface area contributed by atoms with Gasteiger partial charge in [0.05, 0.1) is 17.4 Å². The number of nitrogens with zero attached hydrogens (tertiary/aromatic N) is 4. The molecule has 2 fully saturated rings. The molecule has 2 saturated heterocycles. The molecule has 5 rings (SSSR count). The maximum Gasteiger partial charge on any atom is 0.328 e. The Hall–Kier alpha value is -3.68. The maximum absolute atomic E-state index is 12.6. The van der Waals surface area contributed by atoms with Crippen molar-refractivity contribution in [1.29, 1.82) is 0 Å². The van der Waals surface area contributed by atoms with Crippen molar-refractivity contribution in [3.63, 3.8) is 0 Å². The molecular formula is C26H29N5O3. The normalized spacial score (nSPS) is 17.3. The zero-order valence-corrected chi connectivity index (χ0v) is 19.2. The average molecular weight is 460 g/mol. The Morgan fingerprint density at radius 3 is 2.59 bits per heavy atom. The van der Waals surface area contributed by atoms with Crippen molar-refractivity contribution in [3.8, 4) is 0 Å². The van der Waals surface area contributed by atoms with Gasteiger partial charge in [-0.25, -0.2) is 9.31 Å². The number of aromatic nitrogens is 2. The smallest absolute Gasteiger partial charge is 0.328 e. The van der Waals surface area contributed by atoms with Crippen LogP contribution in [0.25, 0.3) is 5.52 Å². The van der Waals surface area contributed by atoms with Crippen LogP contribution in [0, 0.1) is 5.92 Å². The zero-order chi connectivity index (χ0) is 23.5. The third-order valence-electron chi connectivity index (χ3n) is 6.87. The lowest BCUT2D eigenvalue weighted by Crippen LogP contribution is -2.49. The summed E-state index contributed by atoms with van der Waals surface area (Å²) in [6, 6.07) is 13.9. The van der Waals surface area contributed by atoms with Crippen LogP contribution in [0.4, 0.5) is 10.5 Å². The van der Waals surface area contributed by atoms with E-state index < -0.39 is 6.03 Å². The number of rotatable bonds is 6. The lowest BCUT2D eigenvalue weighted by Gasteiger charge is -2.32. The van der Waals surface area contributed by atoms with Crippen LogP contribution < -0.4 is 10.2 Å². The van der Waals surface area contributed by atoms with Crippen molar-refractivity contribution in [3.05, 3.63) is 66.0 Å². The quantitative estimate of drug-likeness (QED) is 0.613. The van der Waals surface area contributed by atoms with Crippen molar-refractivity contribution >= 4 is 29.0 Å². The summed E-state index contributed by atoms with van der Waals surface area (Å²) in [6.45, 7) is 1.97. The molecular weight excluding hydrogens is 430 g/mol. The molecule has 0 bridgehead atoms. The Kier molecular flexibility index (Phi) is 6.29. The van der Waals surface area contributed by atoms with E-state index >= 15 is 0 Å². The molecule has 1 N–H and O–H groups in total. The van der Waals surface area contributed by atoms with Gasteiger partial charge in [0, 0.05) is 38.7 Å². The number of hydrogen-bond donors (Lipinski definition) is 1. The van der Waals surface area contributed by atoms with Crippen LogP contribution in [0.1, 0.15) is 36.8 Å². The second-order valence-corrected chi connectivity index (χ2v) is 9.16. The Labute approximate surface area is 198 Å². The summed E-state index contributed by atoms with van der Waals surface area (Å²) < 4.78 is 1.76. The SMILES string of the molecule is O=C1CCN(c2cnn3ccc(CC4CCN(C(=O)CCc5ccccc5)CC4)cc23)C(=O)N1. The van der Waals surface area contributed by atoms with E-state index in [1.807, 2.05) is 29.3 Å². The summed E-state index contributed by atoms with van der Waals surface area (Å²) in [5, 5.41) is 6.74. The number of aryl methyl sites for hydroxylation is 1. The standard InChI is InChI=1S/C26H29N5O3/c32-24-11-14-30(26(34)28-24)23-18-27-31-15-10-21(17-22(23)31)16-20-8-12-29(13-9-20)25(33)7-6-19-4-2-1-3-5-19/h1-5,10,15,17-18,20H,6-9,11-14,16H2,(H,28,32,34). The number of imide groups is 1. The first-order chi connectivity index (χ1) is 16.6. The minimum atomic E-state index is -0.402. The van der Waals surface area contributed by atoms with Gasteiger partial charge < -0.3 is 4.90 Å². The third kappa shape index (κ3) is 4.81. The minimum absolute atomic E-state index is 0.242. The first kappa shape index (κ1) is 22.1. The van der Waals surface area contributed by atoms with Gasteiger partial charge in [0.1, 0.15) is 0 Å². The Bertz CT molecular complexity index is 1200. The number of urea groups is 1. The van der Waals surface area contributed by atoms with Crippen molar-refractivity contribution in [2.24, 2.45) is 5.92 Å². The van der Waals surface area contributed by atoms with Crippen LogP contribution in [0.5, 0.6) is 0 Å². The molecule has 4 amide bonds. The maximum atomic E-state index is 12.6. The molecule has 8 heteroatoms. The first-order valence-corrected chi connectivity index (χ1v) is 12.0. The van der Waals surface area contributed by atoms with Crippen LogP contribution in [0.2, 0.25) is 0 Å². The van der Waals surface area contributed by atoms with Gasteiger partial charge in [0.15, 0.2) is 0 Å². The van der Waals surface area contributed by atoms with Gasteiger partial charge in [0.2, 0.25) is 11.8 Å². The highest BCUT2D eigenvalue weighted by Crippen LogP contribution is 2.27. The van der Waals surface area contributed by atoms with Gasteiger partial charge in [-0.05, 0) is 54.9 Å². The number of piperidine rings is 1. The van der Waals surface area contributed by atoms with Crippen LogP contribution >= 0.6 is 0 Å². The highest BCUT2D eigenvalue weighted by molar-refractivity contribution is 6.07. The molecule has 1 aromatic carbocycles. The zero-order valence-electron chi connectivity index (χ0n) is 19.2. The summed E-state index contributed by atoms with van der Waals surface area (Å²) in [5.41, 5.74) is 3.96. The van der Waals surface area contributed by atoms with Crippen molar-refractivity contribution in [2.45, 2.75) is 38.5 Å². The Morgan fingerprint density at radius 1 is 1.03 bits per heavy atom. The number of hydrogen-bond acceptors (Lipinski definition) is 4. The number of likely N-dealkylation sites (tertiary alicyclic amines) is 1. The molecule has 3 aromatic rings. The molecule has 0 spiro atoms. The van der Waals surface area contributed by atoms with E-state index in [-0.39, 0.29) is 18.2 Å². The van der Waals surface area contributed by atoms with E-state index in [4.69, 9.17) is 0 Å². The molecule has 0 unspecified atom stereocenters. The fourth-order valence-corrected chi connectivity index (χ4v) is 4.91. The molecule has 0 atom stereocenters. The van der Waals surface area contributed by atoms with Crippen LogP contribution in [0.3, 0.4) is 0 Å². The van der Waals surface area contributed by atoms with Gasteiger partial charge in [-0.1, -0.05) is 30.3 Å². The summed E-state index contributed by atoms with van der Waals surface area (Å²) in [6.07, 6.45) is 8.14. The number of fused-ring (bicyclic) bond motifs is 1. The van der Waals surface area contributed by atoms with E-state index in [1.165, 1.54) is 11.1 Å². The van der Waals surface area contributed by atoms with Gasteiger partial charge in [-0.15, -0.1) is 0 Å². The lowest BCUT2D eigenvalue weighted by atomic mass is 9.90. The molecule has 0 saturated carbocycles. The number of anilines is 1. The summed E-state index contributed by atoms with van der Waals surface area (Å²) in [5.74, 6) is 0.511. The number of benzene rings is 1. The fraction of sp³-hybridized carbons (Fsp3) is 0.385. The predicted molar refractivity (Wildman–Crippen MR) is 128 cm³/mol.